The first-order chi connectivity index (χ1) is 9.85. The lowest BCUT2D eigenvalue weighted by atomic mass is 10.1. The Hall–Kier alpha value is -2.18. The van der Waals surface area contributed by atoms with Crippen LogP contribution in [-0.2, 0) is 24.3 Å². The monoisotopic (exact) mass is 270 g/mol. The van der Waals surface area contributed by atoms with E-state index in [1.54, 1.807) is 0 Å². The minimum atomic E-state index is 0.253. The van der Waals surface area contributed by atoms with E-state index in [1.165, 1.54) is 11.3 Å². The lowest BCUT2D eigenvalue weighted by molar-refractivity contribution is 0.111. The number of nitrogens with two attached hydrogens (primary N) is 1. The molecule has 3 heterocycles. The zero-order valence-corrected chi connectivity index (χ0v) is 10.8. The summed E-state index contributed by atoms with van der Waals surface area (Å²) in [4.78, 5) is 7.70. The van der Waals surface area contributed by atoms with E-state index in [1.807, 2.05) is 12.1 Å². The first-order valence-corrected chi connectivity index (χ1v) is 6.59. The molecule has 3 aromatic rings. The molecule has 20 heavy (non-hydrogen) atoms. The highest BCUT2D eigenvalue weighted by atomic mass is 16.5. The van der Waals surface area contributed by atoms with Gasteiger partial charge in [-0.25, -0.2) is 0 Å². The number of ether oxygens (including phenoxy) is 1. The topological polar surface area (TPSA) is 90.0 Å². The normalized spacial score (nSPS) is 14.7. The van der Waals surface area contributed by atoms with Crippen molar-refractivity contribution in [3.05, 3.63) is 35.3 Å². The van der Waals surface area contributed by atoms with Crippen LogP contribution in [0.3, 0.4) is 0 Å². The van der Waals surface area contributed by atoms with Crippen molar-refractivity contribution in [3.8, 4) is 11.4 Å². The van der Waals surface area contributed by atoms with Crippen molar-refractivity contribution in [2.75, 3.05) is 6.61 Å². The van der Waals surface area contributed by atoms with Gasteiger partial charge in [0.2, 0.25) is 11.7 Å². The molecule has 0 fully saturated rings. The van der Waals surface area contributed by atoms with Crippen molar-refractivity contribution in [3.63, 3.8) is 0 Å². The molecule has 0 bridgehead atoms. The SMILES string of the molecule is NCc1nc(-c2ccc3[nH]c4c(c3c2)COCC4)no1. The van der Waals surface area contributed by atoms with Gasteiger partial charge in [0.25, 0.3) is 0 Å². The minimum Gasteiger partial charge on any atom is -0.376 e. The predicted octanol–water partition coefficient (Wildman–Crippen LogP) is 1.75. The van der Waals surface area contributed by atoms with E-state index in [4.69, 9.17) is 15.0 Å². The molecule has 6 nitrogen and oxygen atoms in total. The molecule has 0 aliphatic carbocycles. The van der Waals surface area contributed by atoms with Crippen LogP contribution in [0.25, 0.3) is 22.3 Å². The van der Waals surface area contributed by atoms with E-state index in [9.17, 15) is 0 Å². The van der Waals surface area contributed by atoms with E-state index in [0.717, 1.165) is 29.5 Å². The largest absolute Gasteiger partial charge is 0.376 e. The Labute approximate surface area is 114 Å². The van der Waals surface area contributed by atoms with Gasteiger partial charge in [-0.3, -0.25) is 0 Å². The van der Waals surface area contributed by atoms with Gasteiger partial charge in [-0.15, -0.1) is 0 Å². The van der Waals surface area contributed by atoms with Crippen LogP contribution in [0.5, 0.6) is 0 Å². The van der Waals surface area contributed by atoms with Gasteiger partial charge in [0.1, 0.15) is 0 Å². The summed E-state index contributed by atoms with van der Waals surface area (Å²) in [5.74, 6) is 1.01. The number of hydrogen-bond donors (Lipinski definition) is 2. The molecule has 0 spiro atoms. The van der Waals surface area contributed by atoms with E-state index in [0.29, 0.717) is 18.3 Å². The average molecular weight is 270 g/mol. The van der Waals surface area contributed by atoms with Crippen molar-refractivity contribution in [1.82, 2.24) is 15.1 Å². The van der Waals surface area contributed by atoms with Crippen LogP contribution in [-0.4, -0.2) is 21.7 Å². The second kappa shape index (κ2) is 4.43. The summed E-state index contributed by atoms with van der Waals surface area (Å²) in [6, 6.07) is 6.10. The second-order valence-electron chi connectivity index (χ2n) is 4.86. The van der Waals surface area contributed by atoms with Gasteiger partial charge < -0.3 is 20.0 Å². The molecule has 1 aliphatic heterocycles. The average Bonchev–Trinajstić information content (AvgIpc) is 3.11. The number of benzene rings is 1. The fourth-order valence-electron chi connectivity index (χ4n) is 2.62. The first kappa shape index (κ1) is 11.6. The van der Waals surface area contributed by atoms with E-state index in [2.05, 4.69) is 21.2 Å². The van der Waals surface area contributed by atoms with Gasteiger partial charge in [-0.05, 0) is 18.2 Å². The minimum absolute atomic E-state index is 0.253. The quantitative estimate of drug-likeness (QED) is 0.740. The van der Waals surface area contributed by atoms with E-state index in [-0.39, 0.29) is 6.54 Å². The fraction of sp³-hybridized carbons (Fsp3) is 0.286. The first-order valence-electron chi connectivity index (χ1n) is 6.59. The summed E-state index contributed by atoms with van der Waals surface area (Å²) in [7, 11) is 0. The summed E-state index contributed by atoms with van der Waals surface area (Å²) < 4.78 is 10.6. The molecule has 0 atom stereocenters. The van der Waals surface area contributed by atoms with E-state index < -0.39 is 0 Å². The molecular formula is C14H14N4O2. The maximum Gasteiger partial charge on any atom is 0.240 e. The van der Waals surface area contributed by atoms with Crippen molar-refractivity contribution >= 4 is 10.9 Å². The van der Waals surface area contributed by atoms with Gasteiger partial charge in [0.05, 0.1) is 19.8 Å². The Bertz CT molecular complexity index is 775. The van der Waals surface area contributed by atoms with Crippen LogP contribution in [0.1, 0.15) is 17.1 Å². The standard InChI is InChI=1S/C14H14N4O2/c15-6-13-17-14(18-20-13)8-1-2-11-9(5-8)10-7-19-4-3-12(10)16-11/h1-2,5,16H,3-4,6-7,15H2. The number of H-pyrrole nitrogens is 1. The molecule has 1 aromatic carbocycles. The lowest BCUT2D eigenvalue weighted by Gasteiger charge is -2.11. The van der Waals surface area contributed by atoms with Gasteiger partial charge in [-0.1, -0.05) is 5.16 Å². The summed E-state index contributed by atoms with van der Waals surface area (Å²) in [6.07, 6.45) is 0.929. The summed E-state index contributed by atoms with van der Waals surface area (Å²) >= 11 is 0. The summed E-state index contributed by atoms with van der Waals surface area (Å²) in [5, 5.41) is 5.12. The van der Waals surface area contributed by atoms with Crippen LogP contribution in [0.4, 0.5) is 0 Å². The number of nitrogens with one attached hydrogen (secondary N) is 1. The lowest BCUT2D eigenvalue weighted by Crippen LogP contribution is -2.08. The molecule has 0 saturated heterocycles. The van der Waals surface area contributed by atoms with Gasteiger partial charge >= 0.3 is 0 Å². The number of aromatic nitrogens is 3. The Morgan fingerprint density at radius 2 is 2.30 bits per heavy atom. The second-order valence-corrected chi connectivity index (χ2v) is 4.86. The third-order valence-corrected chi connectivity index (χ3v) is 3.64. The van der Waals surface area contributed by atoms with Gasteiger partial charge in [-0.2, -0.15) is 4.98 Å². The summed E-state index contributed by atoms with van der Waals surface area (Å²) in [5.41, 5.74) is 10.0. The van der Waals surface area contributed by atoms with Crippen LogP contribution >= 0.6 is 0 Å². The molecule has 0 saturated carbocycles. The molecule has 1 aliphatic rings. The Balaban J connectivity index is 1.85. The Morgan fingerprint density at radius 1 is 1.35 bits per heavy atom. The molecule has 4 rings (SSSR count). The maximum atomic E-state index is 5.54. The summed E-state index contributed by atoms with van der Waals surface area (Å²) in [6.45, 7) is 1.68. The maximum absolute atomic E-state index is 5.54. The molecule has 0 unspecified atom stereocenters. The van der Waals surface area contributed by atoms with Gasteiger partial charge in [0.15, 0.2) is 0 Å². The van der Waals surface area contributed by atoms with Crippen molar-refractivity contribution in [2.45, 2.75) is 19.6 Å². The zero-order valence-electron chi connectivity index (χ0n) is 10.8. The molecule has 3 N–H and O–H groups in total. The Kier molecular flexibility index (Phi) is 2.58. The van der Waals surface area contributed by atoms with Crippen molar-refractivity contribution in [1.29, 1.82) is 0 Å². The van der Waals surface area contributed by atoms with Gasteiger partial charge in [0, 0.05) is 34.1 Å². The predicted molar refractivity (Wildman–Crippen MR) is 72.8 cm³/mol. The Morgan fingerprint density at radius 3 is 3.15 bits per heavy atom. The van der Waals surface area contributed by atoms with Crippen LogP contribution in [0, 0.1) is 0 Å². The zero-order chi connectivity index (χ0) is 13.5. The highest BCUT2D eigenvalue weighted by Gasteiger charge is 2.17. The molecule has 0 radical (unpaired) electrons. The number of aromatic amines is 1. The third kappa shape index (κ3) is 1.73. The van der Waals surface area contributed by atoms with Crippen molar-refractivity contribution in [2.24, 2.45) is 5.73 Å². The van der Waals surface area contributed by atoms with Crippen LogP contribution in [0.2, 0.25) is 0 Å². The number of rotatable bonds is 2. The van der Waals surface area contributed by atoms with E-state index >= 15 is 0 Å². The number of nitrogens with zero attached hydrogens (tertiary/aromatic N) is 2. The number of fused-ring (bicyclic) bond motifs is 3. The highest BCUT2D eigenvalue weighted by molar-refractivity contribution is 5.88. The van der Waals surface area contributed by atoms with Crippen molar-refractivity contribution < 1.29 is 9.26 Å². The smallest absolute Gasteiger partial charge is 0.240 e. The van der Waals surface area contributed by atoms with Crippen LogP contribution < -0.4 is 5.73 Å². The highest BCUT2D eigenvalue weighted by Crippen LogP contribution is 2.29. The third-order valence-electron chi connectivity index (χ3n) is 3.64. The molecule has 2 aromatic heterocycles. The molecule has 102 valence electrons. The molecule has 0 amide bonds. The number of hydrogen-bond acceptors (Lipinski definition) is 5. The molecule has 6 heteroatoms. The fourth-order valence-corrected chi connectivity index (χ4v) is 2.62. The van der Waals surface area contributed by atoms with Crippen LogP contribution in [0.15, 0.2) is 22.7 Å². The molecular weight excluding hydrogens is 256 g/mol.